The number of aromatic nitrogens is 3. The molecule has 0 spiro atoms. The highest BCUT2D eigenvalue weighted by atomic mass is 32.2. The third-order valence-electron chi connectivity index (χ3n) is 7.04. The number of methoxy groups -OCH3 is 1. The summed E-state index contributed by atoms with van der Waals surface area (Å²) < 4.78 is 25.9. The molecule has 4 aromatic rings. The number of hydrogen-bond donors (Lipinski definition) is 2. The van der Waals surface area contributed by atoms with Crippen LogP contribution in [0.4, 0.5) is 9.39 Å². The summed E-state index contributed by atoms with van der Waals surface area (Å²) in [6, 6.07) is 13.0. The Morgan fingerprint density at radius 2 is 1.84 bits per heavy atom. The molecule has 2 heterocycles. The molecule has 2 aromatic heterocycles. The number of benzene rings is 2. The lowest BCUT2D eigenvalue weighted by molar-refractivity contribution is -0.120. The second-order valence-electron chi connectivity index (χ2n) is 10.0. The van der Waals surface area contributed by atoms with Crippen molar-refractivity contribution in [3.05, 3.63) is 81.7 Å². The molecule has 1 aliphatic carbocycles. The number of ether oxygens (including phenoxy) is 2. The van der Waals surface area contributed by atoms with Crippen LogP contribution in [0.15, 0.2) is 53.7 Å². The van der Waals surface area contributed by atoms with Gasteiger partial charge in [0.1, 0.15) is 16.6 Å². The quantitative estimate of drug-likeness (QED) is 0.162. The van der Waals surface area contributed by atoms with Gasteiger partial charge in [-0.2, -0.15) is 0 Å². The minimum absolute atomic E-state index is 0.0597. The Balaban J connectivity index is 1.31. The number of fused-ring (bicyclic) bond motifs is 1. The maximum absolute atomic E-state index is 13.8. The van der Waals surface area contributed by atoms with E-state index in [1.807, 2.05) is 12.1 Å². The molecule has 13 heteroatoms. The molecule has 44 heavy (non-hydrogen) atoms. The van der Waals surface area contributed by atoms with E-state index < -0.39 is 17.0 Å². The lowest BCUT2D eigenvalue weighted by Crippen LogP contribution is -2.26. The summed E-state index contributed by atoms with van der Waals surface area (Å²) in [5.74, 6) is -0.257. The maximum atomic E-state index is 13.8. The van der Waals surface area contributed by atoms with Gasteiger partial charge in [-0.05, 0) is 80.6 Å². The Hall–Kier alpha value is -4.23. The first kappa shape index (κ1) is 31.2. The Kier molecular flexibility index (Phi) is 9.95. The van der Waals surface area contributed by atoms with E-state index in [1.54, 1.807) is 49.8 Å². The summed E-state index contributed by atoms with van der Waals surface area (Å²) in [6.07, 6.45) is 2.78. The van der Waals surface area contributed by atoms with Crippen molar-refractivity contribution >= 4 is 45.9 Å². The van der Waals surface area contributed by atoms with E-state index in [9.17, 15) is 18.8 Å². The second kappa shape index (κ2) is 14.0. The number of thioether (sulfide) groups is 1. The van der Waals surface area contributed by atoms with Crippen molar-refractivity contribution in [2.45, 2.75) is 56.5 Å². The van der Waals surface area contributed by atoms with Crippen LogP contribution in [0.25, 0.3) is 5.69 Å². The fraction of sp³-hybridized carbons (Fsp3) is 0.323. The van der Waals surface area contributed by atoms with E-state index in [1.165, 1.54) is 23.5 Å². The van der Waals surface area contributed by atoms with Gasteiger partial charge in [0.05, 0.1) is 37.5 Å². The van der Waals surface area contributed by atoms with Crippen LogP contribution in [0, 0.1) is 5.82 Å². The Morgan fingerprint density at radius 1 is 1.09 bits per heavy atom. The molecule has 1 aliphatic rings. The lowest BCUT2D eigenvalue weighted by atomic mass is 10.1. The van der Waals surface area contributed by atoms with Gasteiger partial charge in [0.15, 0.2) is 11.0 Å². The molecule has 10 nitrogen and oxygen atoms in total. The monoisotopic (exact) mass is 637 g/mol. The first-order valence-corrected chi connectivity index (χ1v) is 15.9. The highest BCUT2D eigenvalue weighted by Gasteiger charge is 2.30. The first-order valence-electron chi connectivity index (χ1n) is 14.2. The minimum atomic E-state index is -0.636. The fourth-order valence-corrected chi connectivity index (χ4v) is 7.01. The predicted octanol–water partition coefficient (Wildman–Crippen LogP) is 5.12. The van der Waals surface area contributed by atoms with Crippen molar-refractivity contribution in [2.24, 2.45) is 0 Å². The van der Waals surface area contributed by atoms with Gasteiger partial charge in [-0.1, -0.05) is 23.9 Å². The molecule has 0 radical (unpaired) electrons. The zero-order chi connectivity index (χ0) is 31.2. The van der Waals surface area contributed by atoms with Crippen LogP contribution >= 0.6 is 23.1 Å². The van der Waals surface area contributed by atoms with Gasteiger partial charge in [-0.3, -0.25) is 14.2 Å². The van der Waals surface area contributed by atoms with E-state index in [-0.39, 0.29) is 31.4 Å². The lowest BCUT2D eigenvalue weighted by Gasteiger charge is -2.14. The van der Waals surface area contributed by atoms with Gasteiger partial charge in [0, 0.05) is 10.6 Å². The van der Waals surface area contributed by atoms with Gasteiger partial charge >= 0.3 is 5.97 Å². The molecule has 2 N–H and O–H groups in total. The number of aryl methyl sites for hydroxylation is 1. The molecule has 5 rings (SSSR count). The van der Waals surface area contributed by atoms with Gasteiger partial charge in [0.25, 0.3) is 0 Å². The van der Waals surface area contributed by atoms with Gasteiger partial charge in [0.2, 0.25) is 11.8 Å². The average molecular weight is 638 g/mol. The standard InChI is InChI=1S/C31H32FN5O5S2/c1-4-42-30(40)27-23-6-5-7-24(23)44-29(27)34-28(39)18(2)43-31-36-35-25(37(31)21-12-10-20(32)11-13-21)17-33-26(38)16-19-8-14-22(41-3)15-9-19/h8-15,18H,4-7,16-17H2,1-3H3,(H,33,38)(H,34,39)/t18-/m0/s1. The van der Waals surface area contributed by atoms with E-state index in [0.717, 1.165) is 47.0 Å². The molecule has 230 valence electrons. The molecule has 2 aromatic carbocycles. The van der Waals surface area contributed by atoms with Crippen molar-refractivity contribution in [3.8, 4) is 11.4 Å². The Morgan fingerprint density at radius 3 is 2.55 bits per heavy atom. The molecule has 1 atom stereocenters. The Labute approximate surface area is 262 Å². The second-order valence-corrected chi connectivity index (χ2v) is 12.5. The molecule has 0 saturated heterocycles. The number of anilines is 1. The number of nitrogens with zero attached hydrogens (tertiary/aromatic N) is 3. The number of esters is 1. The molecule has 0 fully saturated rings. The van der Waals surface area contributed by atoms with E-state index in [2.05, 4.69) is 20.8 Å². The Bertz CT molecular complexity index is 1650. The highest BCUT2D eigenvalue weighted by molar-refractivity contribution is 8.00. The molecule has 0 aliphatic heterocycles. The molecule has 2 amide bonds. The van der Waals surface area contributed by atoms with Gasteiger partial charge < -0.3 is 20.1 Å². The summed E-state index contributed by atoms with van der Waals surface area (Å²) in [4.78, 5) is 39.9. The summed E-state index contributed by atoms with van der Waals surface area (Å²) >= 11 is 2.58. The molecular formula is C31H32FN5O5S2. The SMILES string of the molecule is CCOC(=O)c1c(NC(=O)[C@H](C)Sc2nnc(CNC(=O)Cc3ccc(OC)cc3)n2-c2ccc(F)cc2)sc2c1CCC2. The summed E-state index contributed by atoms with van der Waals surface area (Å²) in [7, 11) is 1.58. The van der Waals surface area contributed by atoms with Crippen LogP contribution in [0.1, 0.15) is 52.5 Å². The van der Waals surface area contributed by atoms with Crippen LogP contribution in [0.5, 0.6) is 5.75 Å². The number of thiophene rings is 1. The van der Waals surface area contributed by atoms with Crippen molar-refractivity contribution in [3.63, 3.8) is 0 Å². The molecule has 0 bridgehead atoms. The van der Waals surface area contributed by atoms with Crippen molar-refractivity contribution in [1.82, 2.24) is 20.1 Å². The van der Waals surface area contributed by atoms with Crippen LogP contribution < -0.4 is 15.4 Å². The van der Waals surface area contributed by atoms with E-state index >= 15 is 0 Å². The molecule has 0 unspecified atom stereocenters. The summed E-state index contributed by atoms with van der Waals surface area (Å²) in [5, 5.41) is 14.6. The fourth-order valence-electron chi connectivity index (χ4n) is 4.85. The zero-order valence-electron chi connectivity index (χ0n) is 24.5. The summed E-state index contributed by atoms with van der Waals surface area (Å²) in [6.45, 7) is 3.78. The van der Waals surface area contributed by atoms with Crippen molar-refractivity contribution in [2.75, 3.05) is 19.0 Å². The molecular weight excluding hydrogens is 606 g/mol. The zero-order valence-corrected chi connectivity index (χ0v) is 26.1. The maximum Gasteiger partial charge on any atom is 0.341 e. The number of nitrogens with one attached hydrogen (secondary N) is 2. The highest BCUT2D eigenvalue weighted by Crippen LogP contribution is 2.40. The smallest absolute Gasteiger partial charge is 0.341 e. The topological polar surface area (TPSA) is 124 Å². The predicted molar refractivity (Wildman–Crippen MR) is 166 cm³/mol. The van der Waals surface area contributed by atoms with Crippen LogP contribution in [0.3, 0.4) is 0 Å². The van der Waals surface area contributed by atoms with E-state index in [0.29, 0.717) is 33.0 Å². The number of amides is 2. The van der Waals surface area contributed by atoms with Crippen LogP contribution in [0.2, 0.25) is 0 Å². The average Bonchev–Trinajstić information content (AvgIpc) is 3.72. The van der Waals surface area contributed by atoms with Crippen LogP contribution in [-0.2, 0) is 40.1 Å². The number of carbonyl (C=O) groups is 3. The number of rotatable bonds is 12. The van der Waals surface area contributed by atoms with Crippen molar-refractivity contribution < 1.29 is 28.2 Å². The number of hydrogen-bond acceptors (Lipinski definition) is 9. The van der Waals surface area contributed by atoms with Crippen molar-refractivity contribution in [1.29, 1.82) is 0 Å². The van der Waals surface area contributed by atoms with E-state index in [4.69, 9.17) is 9.47 Å². The number of halogens is 1. The third kappa shape index (κ3) is 7.11. The number of carbonyl (C=O) groups excluding carboxylic acids is 3. The first-order chi connectivity index (χ1) is 21.3. The summed E-state index contributed by atoms with van der Waals surface area (Å²) in [5.41, 5.74) is 2.79. The van der Waals surface area contributed by atoms with Crippen LogP contribution in [-0.4, -0.2) is 51.5 Å². The third-order valence-corrected chi connectivity index (χ3v) is 9.29. The van der Waals surface area contributed by atoms with Gasteiger partial charge in [-0.25, -0.2) is 9.18 Å². The van der Waals surface area contributed by atoms with Gasteiger partial charge in [-0.15, -0.1) is 21.5 Å². The molecule has 0 saturated carbocycles. The largest absolute Gasteiger partial charge is 0.497 e. The normalized spacial score (nSPS) is 12.8. The minimum Gasteiger partial charge on any atom is -0.497 e.